The molecule has 0 spiro atoms. The zero-order valence-electron chi connectivity index (χ0n) is 17.7. The van der Waals surface area contributed by atoms with Crippen LogP contribution in [0.5, 0.6) is 0 Å². The van der Waals surface area contributed by atoms with Gasteiger partial charge in [0, 0.05) is 13.5 Å². The molecule has 0 aliphatic heterocycles. The van der Waals surface area contributed by atoms with E-state index in [0.717, 1.165) is 47.5 Å². The van der Waals surface area contributed by atoms with Crippen LogP contribution in [0.3, 0.4) is 0 Å². The van der Waals surface area contributed by atoms with Crippen LogP contribution >= 0.6 is 11.6 Å². The molecule has 1 heterocycles. The summed E-state index contributed by atoms with van der Waals surface area (Å²) in [5.41, 5.74) is 4.21. The third-order valence-electron chi connectivity index (χ3n) is 5.09. The topological polar surface area (TPSA) is 53.4 Å². The number of nitrogens with zero attached hydrogens (tertiary/aromatic N) is 2. The van der Waals surface area contributed by atoms with Crippen molar-refractivity contribution >= 4 is 17.6 Å². The first-order chi connectivity index (χ1) is 14.6. The van der Waals surface area contributed by atoms with Crippen LogP contribution in [0.2, 0.25) is 5.15 Å². The molecule has 6 heteroatoms. The van der Waals surface area contributed by atoms with E-state index in [4.69, 9.17) is 21.1 Å². The molecule has 0 saturated carbocycles. The number of ether oxygens (including phenoxy) is 2. The molecule has 0 atom stereocenters. The first-order valence-corrected chi connectivity index (χ1v) is 10.5. The molecular weight excluding hydrogens is 400 g/mol. The van der Waals surface area contributed by atoms with Crippen molar-refractivity contribution in [2.24, 2.45) is 0 Å². The highest BCUT2D eigenvalue weighted by Gasteiger charge is 2.19. The molecule has 0 unspecified atom stereocenters. The lowest BCUT2D eigenvalue weighted by atomic mass is 9.99. The number of esters is 1. The number of hydrogen-bond acceptors (Lipinski definition) is 4. The zero-order chi connectivity index (χ0) is 21.5. The van der Waals surface area contributed by atoms with Crippen LogP contribution < -0.4 is 0 Å². The van der Waals surface area contributed by atoms with Crippen LogP contribution in [-0.2, 0) is 29.0 Å². The van der Waals surface area contributed by atoms with E-state index in [1.54, 1.807) is 7.11 Å². The van der Waals surface area contributed by atoms with Crippen molar-refractivity contribution in [2.45, 2.75) is 39.3 Å². The van der Waals surface area contributed by atoms with Crippen LogP contribution in [0.15, 0.2) is 48.5 Å². The summed E-state index contributed by atoms with van der Waals surface area (Å²) < 4.78 is 12.5. The number of carbonyl (C=O) groups excluding carboxylic acids is 1. The Kier molecular flexibility index (Phi) is 7.66. The zero-order valence-corrected chi connectivity index (χ0v) is 18.4. The minimum atomic E-state index is -0.364. The largest absolute Gasteiger partial charge is 0.465 e. The van der Waals surface area contributed by atoms with E-state index in [2.05, 4.69) is 16.5 Å². The van der Waals surface area contributed by atoms with Gasteiger partial charge in [-0.05, 0) is 29.2 Å². The average molecular weight is 427 g/mol. The summed E-state index contributed by atoms with van der Waals surface area (Å²) in [6, 6.07) is 15.8. The van der Waals surface area contributed by atoms with Crippen molar-refractivity contribution in [3.63, 3.8) is 0 Å². The Balaban J connectivity index is 2.04. The Hall–Kier alpha value is -2.63. The molecule has 0 N–H and O–H groups in total. The number of unbranched alkanes of at least 4 members (excludes halogenated alkanes) is 1. The molecule has 3 rings (SSSR count). The smallest absolute Gasteiger partial charge is 0.338 e. The molecule has 1 aromatic heterocycles. The lowest BCUT2D eigenvalue weighted by Gasteiger charge is -2.15. The number of methoxy groups -OCH3 is 2. The average Bonchev–Trinajstić information content (AvgIpc) is 3.07. The summed E-state index contributed by atoms with van der Waals surface area (Å²) in [4.78, 5) is 17.1. The molecule has 5 nitrogen and oxygen atoms in total. The molecule has 30 heavy (non-hydrogen) atoms. The highest BCUT2D eigenvalue weighted by atomic mass is 35.5. The first kappa shape index (κ1) is 22.1. The molecule has 158 valence electrons. The van der Waals surface area contributed by atoms with Gasteiger partial charge in [0.25, 0.3) is 0 Å². The summed E-state index contributed by atoms with van der Waals surface area (Å²) in [6.07, 6.45) is 2.88. The fourth-order valence-electron chi connectivity index (χ4n) is 3.49. The normalized spacial score (nSPS) is 10.9. The lowest BCUT2D eigenvalue weighted by Crippen LogP contribution is -2.14. The molecule has 0 saturated heterocycles. The SMILES string of the molecule is CCCCc1nc(Cl)c(COC)n1Cc1ccc(-c2ccccc2)cc1C(=O)OC. The number of hydrogen-bond donors (Lipinski definition) is 0. The van der Waals surface area contributed by atoms with Gasteiger partial charge in [0.2, 0.25) is 0 Å². The van der Waals surface area contributed by atoms with Crippen LogP contribution in [-0.4, -0.2) is 29.7 Å². The van der Waals surface area contributed by atoms with E-state index in [9.17, 15) is 4.79 Å². The number of halogens is 1. The molecule has 0 radical (unpaired) electrons. The van der Waals surface area contributed by atoms with E-state index in [0.29, 0.717) is 23.9 Å². The van der Waals surface area contributed by atoms with E-state index in [1.807, 2.05) is 48.5 Å². The maximum absolute atomic E-state index is 12.6. The maximum Gasteiger partial charge on any atom is 0.338 e. The van der Waals surface area contributed by atoms with Crippen LogP contribution in [0.4, 0.5) is 0 Å². The molecule has 0 fully saturated rings. The number of aromatic nitrogens is 2. The van der Waals surface area contributed by atoms with Gasteiger partial charge in [-0.15, -0.1) is 0 Å². The Morgan fingerprint density at radius 1 is 1.10 bits per heavy atom. The minimum absolute atomic E-state index is 0.355. The van der Waals surface area contributed by atoms with Crippen LogP contribution in [0.25, 0.3) is 11.1 Å². The number of aryl methyl sites for hydroxylation is 1. The van der Waals surface area contributed by atoms with Crippen molar-refractivity contribution in [3.05, 3.63) is 76.3 Å². The molecule has 0 bridgehead atoms. The Morgan fingerprint density at radius 2 is 1.87 bits per heavy atom. The molecule has 3 aromatic rings. The predicted molar refractivity (Wildman–Crippen MR) is 119 cm³/mol. The second-order valence-corrected chi connectivity index (χ2v) is 7.48. The summed E-state index contributed by atoms with van der Waals surface area (Å²) in [5, 5.41) is 0.448. The van der Waals surface area contributed by atoms with Gasteiger partial charge in [-0.1, -0.05) is 67.4 Å². The van der Waals surface area contributed by atoms with Gasteiger partial charge >= 0.3 is 5.97 Å². The Bertz CT molecular complexity index is 999. The highest BCUT2D eigenvalue weighted by Crippen LogP contribution is 2.26. The number of rotatable bonds is 9. The van der Waals surface area contributed by atoms with E-state index in [-0.39, 0.29) is 5.97 Å². The third-order valence-corrected chi connectivity index (χ3v) is 5.39. The van der Waals surface area contributed by atoms with E-state index >= 15 is 0 Å². The quantitative estimate of drug-likeness (QED) is 0.422. The molecule has 0 aliphatic carbocycles. The summed E-state index contributed by atoms with van der Waals surface area (Å²) >= 11 is 6.41. The third kappa shape index (κ3) is 4.91. The standard InChI is InChI=1S/C24H27ClN2O3/c1-4-5-11-22-26-23(25)21(16-29-2)27(22)15-19-13-12-18(14-20(19)24(28)30-3)17-9-7-6-8-10-17/h6-10,12-14H,4-5,11,15-16H2,1-3H3. The Labute approximate surface area is 182 Å². The summed E-state index contributed by atoms with van der Waals surface area (Å²) in [5.74, 6) is 0.536. The van der Waals surface area contributed by atoms with Crippen molar-refractivity contribution in [1.29, 1.82) is 0 Å². The van der Waals surface area contributed by atoms with Crippen molar-refractivity contribution in [2.75, 3.05) is 14.2 Å². The predicted octanol–water partition coefficient (Wildman–Crippen LogP) is 5.53. The van der Waals surface area contributed by atoms with Gasteiger partial charge in [0.15, 0.2) is 5.15 Å². The maximum atomic E-state index is 12.6. The fourth-order valence-corrected chi connectivity index (χ4v) is 3.74. The number of imidazole rings is 1. The van der Waals surface area contributed by atoms with Gasteiger partial charge in [0.1, 0.15) is 5.82 Å². The first-order valence-electron chi connectivity index (χ1n) is 10.1. The number of benzene rings is 2. The van der Waals surface area contributed by atoms with Gasteiger partial charge in [-0.2, -0.15) is 0 Å². The number of carbonyl (C=O) groups is 1. The van der Waals surface area contributed by atoms with Crippen molar-refractivity contribution in [3.8, 4) is 11.1 Å². The monoisotopic (exact) mass is 426 g/mol. The van der Waals surface area contributed by atoms with Crippen molar-refractivity contribution in [1.82, 2.24) is 9.55 Å². The van der Waals surface area contributed by atoms with E-state index < -0.39 is 0 Å². The fraction of sp³-hybridized carbons (Fsp3) is 0.333. The molecule has 2 aromatic carbocycles. The van der Waals surface area contributed by atoms with E-state index in [1.165, 1.54) is 7.11 Å². The highest BCUT2D eigenvalue weighted by molar-refractivity contribution is 6.30. The van der Waals surface area contributed by atoms with Crippen molar-refractivity contribution < 1.29 is 14.3 Å². The van der Waals surface area contributed by atoms with Crippen LogP contribution in [0.1, 0.15) is 47.2 Å². The van der Waals surface area contributed by atoms with Gasteiger partial charge < -0.3 is 14.0 Å². The minimum Gasteiger partial charge on any atom is -0.465 e. The molecular formula is C24H27ClN2O3. The summed E-state index contributed by atoms with van der Waals surface area (Å²) in [7, 11) is 3.03. The van der Waals surface area contributed by atoms with Gasteiger partial charge in [0.05, 0.1) is 31.5 Å². The van der Waals surface area contributed by atoms with Gasteiger partial charge in [-0.3, -0.25) is 0 Å². The second kappa shape index (κ2) is 10.4. The van der Waals surface area contributed by atoms with Gasteiger partial charge in [-0.25, -0.2) is 9.78 Å². The lowest BCUT2D eigenvalue weighted by molar-refractivity contribution is 0.0599. The van der Waals surface area contributed by atoms with Crippen LogP contribution in [0, 0.1) is 0 Å². The Morgan fingerprint density at radius 3 is 2.53 bits per heavy atom. The second-order valence-electron chi connectivity index (χ2n) is 7.12. The molecule has 0 amide bonds. The summed E-state index contributed by atoms with van der Waals surface area (Å²) in [6.45, 7) is 2.97. The molecule has 0 aliphatic rings.